The Morgan fingerprint density at radius 2 is 2.19 bits per heavy atom. The van der Waals surface area contributed by atoms with E-state index < -0.39 is 0 Å². The molecule has 0 spiro atoms. The maximum atomic E-state index is 12.8. The number of carbonyl (C=O) groups excluding carboxylic acids is 1. The van der Waals surface area contributed by atoms with E-state index in [1.165, 1.54) is 16.0 Å². The van der Waals surface area contributed by atoms with Gasteiger partial charge < -0.3 is 10.2 Å². The van der Waals surface area contributed by atoms with Gasteiger partial charge in [-0.05, 0) is 53.6 Å². The van der Waals surface area contributed by atoms with Crippen molar-refractivity contribution < 1.29 is 4.79 Å². The van der Waals surface area contributed by atoms with Gasteiger partial charge in [0, 0.05) is 18.0 Å². The maximum absolute atomic E-state index is 12.8. The van der Waals surface area contributed by atoms with Crippen LogP contribution in [0.1, 0.15) is 35.7 Å². The first-order chi connectivity index (χ1) is 13.0. The lowest BCUT2D eigenvalue weighted by molar-refractivity contribution is -0.130. The quantitative estimate of drug-likeness (QED) is 0.695. The van der Waals surface area contributed by atoms with Gasteiger partial charge in [0.2, 0.25) is 5.91 Å². The Morgan fingerprint density at radius 3 is 3.00 bits per heavy atom. The van der Waals surface area contributed by atoms with Gasteiger partial charge in [-0.3, -0.25) is 4.79 Å². The van der Waals surface area contributed by atoms with Crippen molar-refractivity contribution in [3.63, 3.8) is 0 Å². The van der Waals surface area contributed by atoms with E-state index >= 15 is 0 Å². The van der Waals surface area contributed by atoms with E-state index in [4.69, 9.17) is 0 Å². The molecule has 0 saturated heterocycles. The Morgan fingerprint density at radius 1 is 1.33 bits per heavy atom. The van der Waals surface area contributed by atoms with Gasteiger partial charge in [0.1, 0.15) is 16.5 Å². The summed E-state index contributed by atoms with van der Waals surface area (Å²) in [6.45, 7) is 8.10. The van der Waals surface area contributed by atoms with E-state index in [9.17, 15) is 4.79 Å². The summed E-state index contributed by atoms with van der Waals surface area (Å²) in [5, 5.41) is 8.68. The maximum Gasteiger partial charge on any atom is 0.242 e. The third kappa shape index (κ3) is 3.84. The summed E-state index contributed by atoms with van der Waals surface area (Å²) in [4.78, 5) is 26.3. The SMILES string of the molecule is Cc1nc(NCC(=O)N2CCc3sccc3C2)c2c(CC(C)C)csc2n1. The summed E-state index contributed by atoms with van der Waals surface area (Å²) in [5.41, 5.74) is 2.55. The van der Waals surface area contributed by atoms with E-state index in [0.717, 1.165) is 41.2 Å². The third-order valence-corrected chi connectivity index (χ3v) is 6.76. The third-order valence-electron chi connectivity index (χ3n) is 4.82. The van der Waals surface area contributed by atoms with E-state index in [1.807, 2.05) is 11.8 Å². The summed E-state index contributed by atoms with van der Waals surface area (Å²) in [6.07, 6.45) is 1.95. The van der Waals surface area contributed by atoms with Crippen LogP contribution in [0.25, 0.3) is 10.2 Å². The molecule has 0 unspecified atom stereocenters. The van der Waals surface area contributed by atoms with Gasteiger partial charge in [-0.25, -0.2) is 9.97 Å². The fraction of sp³-hybridized carbons (Fsp3) is 0.450. The molecule has 3 aromatic rings. The number of nitrogens with one attached hydrogen (secondary N) is 1. The van der Waals surface area contributed by atoms with Gasteiger partial charge in [0.25, 0.3) is 0 Å². The smallest absolute Gasteiger partial charge is 0.242 e. The number of aromatic nitrogens is 2. The summed E-state index contributed by atoms with van der Waals surface area (Å²) >= 11 is 3.44. The highest BCUT2D eigenvalue weighted by Crippen LogP contribution is 2.31. The molecular formula is C20H24N4OS2. The predicted octanol–water partition coefficient (Wildman–Crippen LogP) is 4.26. The minimum Gasteiger partial charge on any atom is -0.360 e. The molecule has 0 atom stereocenters. The number of anilines is 1. The van der Waals surface area contributed by atoms with E-state index in [-0.39, 0.29) is 12.5 Å². The average Bonchev–Trinajstić information content (AvgIpc) is 3.25. The second-order valence-corrected chi connectivity index (χ2v) is 9.31. The van der Waals surface area contributed by atoms with Crippen LogP contribution in [0.2, 0.25) is 0 Å². The van der Waals surface area contributed by atoms with Crippen LogP contribution in [-0.2, 0) is 24.2 Å². The molecule has 0 radical (unpaired) electrons. The number of hydrogen-bond acceptors (Lipinski definition) is 6. The number of amides is 1. The molecule has 7 heteroatoms. The fourth-order valence-electron chi connectivity index (χ4n) is 3.56. The Hall–Kier alpha value is -1.99. The van der Waals surface area contributed by atoms with Gasteiger partial charge >= 0.3 is 0 Å². The zero-order valence-electron chi connectivity index (χ0n) is 15.9. The minimum absolute atomic E-state index is 0.122. The van der Waals surface area contributed by atoms with Crippen molar-refractivity contribution in [1.82, 2.24) is 14.9 Å². The number of nitrogens with zero attached hydrogens (tertiary/aromatic N) is 3. The molecule has 27 heavy (non-hydrogen) atoms. The topological polar surface area (TPSA) is 58.1 Å². The Balaban J connectivity index is 1.51. The zero-order chi connectivity index (χ0) is 19.0. The first-order valence-corrected chi connectivity index (χ1v) is 11.1. The number of rotatable bonds is 5. The molecule has 1 N–H and O–H groups in total. The second-order valence-electron chi connectivity index (χ2n) is 7.45. The minimum atomic E-state index is 0.122. The molecule has 0 aromatic carbocycles. The molecule has 0 saturated carbocycles. The largest absolute Gasteiger partial charge is 0.360 e. The number of thiophene rings is 2. The summed E-state index contributed by atoms with van der Waals surface area (Å²) in [5.74, 6) is 2.20. The molecule has 0 aliphatic carbocycles. The summed E-state index contributed by atoms with van der Waals surface area (Å²) in [6, 6.07) is 2.13. The first kappa shape index (κ1) is 18.4. The molecule has 0 bridgehead atoms. The van der Waals surface area contributed by atoms with Crippen molar-refractivity contribution >= 4 is 44.6 Å². The molecule has 1 aliphatic heterocycles. The molecule has 3 aromatic heterocycles. The number of carbonyl (C=O) groups is 1. The molecule has 0 fully saturated rings. The average molecular weight is 401 g/mol. The molecule has 5 nitrogen and oxygen atoms in total. The number of fused-ring (bicyclic) bond motifs is 2. The first-order valence-electron chi connectivity index (χ1n) is 9.33. The molecule has 4 rings (SSSR count). The van der Waals surface area contributed by atoms with E-state index in [0.29, 0.717) is 12.5 Å². The van der Waals surface area contributed by atoms with Crippen molar-refractivity contribution in [1.29, 1.82) is 0 Å². The number of aryl methyl sites for hydroxylation is 1. The van der Waals surface area contributed by atoms with Crippen molar-refractivity contribution in [3.8, 4) is 0 Å². The van der Waals surface area contributed by atoms with Gasteiger partial charge in [-0.15, -0.1) is 22.7 Å². The Kier molecular flexibility index (Phi) is 5.14. The number of hydrogen-bond donors (Lipinski definition) is 1. The van der Waals surface area contributed by atoms with Crippen LogP contribution in [0.15, 0.2) is 16.8 Å². The van der Waals surface area contributed by atoms with Crippen molar-refractivity contribution in [2.75, 3.05) is 18.4 Å². The van der Waals surface area contributed by atoms with Gasteiger partial charge in [0.05, 0.1) is 11.9 Å². The Bertz CT molecular complexity index is 976. The summed E-state index contributed by atoms with van der Waals surface area (Å²) < 4.78 is 0. The van der Waals surface area contributed by atoms with E-state index in [2.05, 4.69) is 46.0 Å². The highest BCUT2D eigenvalue weighted by Gasteiger charge is 2.22. The van der Waals surface area contributed by atoms with Gasteiger partial charge in [-0.2, -0.15) is 0 Å². The van der Waals surface area contributed by atoms with Crippen LogP contribution in [-0.4, -0.2) is 33.9 Å². The van der Waals surface area contributed by atoms with Crippen LogP contribution in [0.4, 0.5) is 5.82 Å². The molecular weight excluding hydrogens is 376 g/mol. The highest BCUT2D eigenvalue weighted by atomic mass is 32.1. The summed E-state index contributed by atoms with van der Waals surface area (Å²) in [7, 11) is 0. The lowest BCUT2D eigenvalue weighted by Gasteiger charge is -2.27. The standard InChI is InChI=1S/C20H24N4OS2/c1-12(2)8-15-11-27-20-18(15)19(22-13(3)23-20)21-9-17(25)24-6-4-16-14(10-24)5-7-26-16/h5,7,11-12H,4,6,8-10H2,1-3H3,(H,21,22,23). The zero-order valence-corrected chi connectivity index (χ0v) is 17.5. The molecule has 1 amide bonds. The van der Waals surface area contributed by atoms with Crippen LogP contribution in [0, 0.1) is 12.8 Å². The van der Waals surface area contributed by atoms with Crippen LogP contribution in [0.3, 0.4) is 0 Å². The van der Waals surface area contributed by atoms with Crippen molar-refractivity contribution in [3.05, 3.63) is 38.7 Å². The van der Waals surface area contributed by atoms with E-state index in [1.54, 1.807) is 22.7 Å². The van der Waals surface area contributed by atoms with Crippen LogP contribution < -0.4 is 5.32 Å². The van der Waals surface area contributed by atoms with Crippen LogP contribution in [0.5, 0.6) is 0 Å². The Labute approximate surface area is 167 Å². The van der Waals surface area contributed by atoms with Gasteiger partial charge in [0.15, 0.2) is 0 Å². The molecule has 142 valence electrons. The van der Waals surface area contributed by atoms with Crippen molar-refractivity contribution in [2.45, 2.75) is 40.2 Å². The highest BCUT2D eigenvalue weighted by molar-refractivity contribution is 7.17. The second kappa shape index (κ2) is 7.56. The molecule has 4 heterocycles. The lowest BCUT2D eigenvalue weighted by Crippen LogP contribution is -2.38. The van der Waals surface area contributed by atoms with Crippen molar-refractivity contribution in [2.24, 2.45) is 5.92 Å². The normalized spacial score (nSPS) is 14.0. The van der Waals surface area contributed by atoms with Gasteiger partial charge in [-0.1, -0.05) is 13.8 Å². The lowest BCUT2D eigenvalue weighted by atomic mass is 10.0. The fourth-order valence-corrected chi connectivity index (χ4v) is 5.45. The predicted molar refractivity (Wildman–Crippen MR) is 113 cm³/mol. The monoisotopic (exact) mass is 400 g/mol. The van der Waals surface area contributed by atoms with Crippen LogP contribution >= 0.6 is 22.7 Å². The molecule has 1 aliphatic rings.